The van der Waals surface area contributed by atoms with Gasteiger partial charge in [0, 0.05) is 10.6 Å². The standard InChI is InChI=1S/C23H18O2/c1-16-12-13-19-20(15-17-8-4-2-5-9-17)23(25-21(19)14-16)22(24)18-10-6-3-7-11-18/h2-15,24H,1H3/p-1/b20-15-,23-22-. The normalized spacial score (nSPS) is 13.2. The van der Waals surface area contributed by atoms with Gasteiger partial charge in [0.2, 0.25) is 0 Å². The van der Waals surface area contributed by atoms with E-state index in [0.29, 0.717) is 11.0 Å². The lowest BCUT2D eigenvalue weighted by molar-refractivity contribution is -0.246. The van der Waals surface area contributed by atoms with Crippen molar-refractivity contribution in [3.8, 4) is 0 Å². The van der Waals surface area contributed by atoms with Crippen LogP contribution in [0.5, 0.6) is 0 Å². The first-order valence-electron chi connectivity index (χ1n) is 8.25. The van der Waals surface area contributed by atoms with Crippen molar-refractivity contribution in [2.75, 3.05) is 0 Å². The number of benzene rings is 3. The molecule has 25 heavy (non-hydrogen) atoms. The average Bonchev–Trinajstić information content (AvgIpc) is 3.00. The van der Waals surface area contributed by atoms with E-state index in [4.69, 9.17) is 4.42 Å². The van der Waals surface area contributed by atoms with E-state index in [1.165, 1.54) is 0 Å². The zero-order valence-electron chi connectivity index (χ0n) is 13.9. The minimum atomic E-state index is -0.100. The van der Waals surface area contributed by atoms with E-state index in [1.807, 2.05) is 91.9 Å². The summed E-state index contributed by atoms with van der Waals surface area (Å²) in [5.74, 6) is -0.100. The maximum absolute atomic E-state index is 13.0. The molecule has 1 aromatic heterocycles. The van der Waals surface area contributed by atoms with Crippen molar-refractivity contribution in [1.29, 1.82) is 0 Å². The molecule has 0 saturated heterocycles. The summed E-state index contributed by atoms with van der Waals surface area (Å²) in [5.41, 5.74) is 3.89. The van der Waals surface area contributed by atoms with Gasteiger partial charge in [-0.3, -0.25) is 0 Å². The lowest BCUT2D eigenvalue weighted by atomic mass is 10.1. The quantitative estimate of drug-likeness (QED) is 0.568. The minimum absolute atomic E-state index is 0.100. The molecular formula is C23H17O2-. The summed E-state index contributed by atoms with van der Waals surface area (Å²) >= 11 is 0. The van der Waals surface area contributed by atoms with Crippen LogP contribution < -0.4 is 15.7 Å². The fraction of sp³-hybridized carbons (Fsp3) is 0.0435. The van der Waals surface area contributed by atoms with Gasteiger partial charge in [-0.1, -0.05) is 78.6 Å². The summed E-state index contributed by atoms with van der Waals surface area (Å²) in [4.78, 5) is 0. The van der Waals surface area contributed by atoms with Gasteiger partial charge >= 0.3 is 0 Å². The summed E-state index contributed by atoms with van der Waals surface area (Å²) in [6.07, 6.45) is 2.01. The van der Waals surface area contributed by atoms with Crippen LogP contribution in [0, 0.1) is 6.92 Å². The molecule has 0 unspecified atom stereocenters. The van der Waals surface area contributed by atoms with Crippen LogP contribution in [0.3, 0.4) is 0 Å². The van der Waals surface area contributed by atoms with Crippen molar-refractivity contribution < 1.29 is 9.52 Å². The fourth-order valence-electron chi connectivity index (χ4n) is 2.97. The first kappa shape index (κ1) is 15.3. The smallest absolute Gasteiger partial charge is 0.135 e. The highest BCUT2D eigenvalue weighted by Crippen LogP contribution is 2.13. The lowest BCUT2D eigenvalue weighted by Gasteiger charge is -2.09. The van der Waals surface area contributed by atoms with Crippen LogP contribution in [-0.4, -0.2) is 0 Å². The molecule has 2 heteroatoms. The highest BCUT2D eigenvalue weighted by Gasteiger charge is 2.05. The molecule has 0 N–H and O–H groups in total. The Hall–Kier alpha value is -3.26. The van der Waals surface area contributed by atoms with E-state index in [1.54, 1.807) is 0 Å². The first-order valence-corrected chi connectivity index (χ1v) is 8.25. The van der Waals surface area contributed by atoms with Gasteiger partial charge in [-0.05, 0) is 35.8 Å². The summed E-state index contributed by atoms with van der Waals surface area (Å²) in [5, 5.41) is 14.8. The number of furan rings is 1. The zero-order chi connectivity index (χ0) is 17.2. The molecule has 0 bridgehead atoms. The molecule has 0 fully saturated rings. The molecule has 2 nitrogen and oxygen atoms in total. The van der Waals surface area contributed by atoms with Crippen molar-refractivity contribution in [2.24, 2.45) is 0 Å². The Bertz CT molecular complexity index is 1140. The van der Waals surface area contributed by atoms with E-state index in [-0.39, 0.29) is 5.76 Å². The second-order valence-corrected chi connectivity index (χ2v) is 6.09. The largest absolute Gasteiger partial charge is 0.870 e. The summed E-state index contributed by atoms with van der Waals surface area (Å²) in [6, 6.07) is 25.3. The molecular weight excluding hydrogens is 308 g/mol. The van der Waals surface area contributed by atoms with Crippen LogP contribution in [0.2, 0.25) is 0 Å². The van der Waals surface area contributed by atoms with Gasteiger partial charge in [-0.2, -0.15) is 0 Å². The van der Waals surface area contributed by atoms with Crippen LogP contribution in [0.25, 0.3) is 22.8 Å². The molecule has 0 aliphatic heterocycles. The van der Waals surface area contributed by atoms with E-state index in [9.17, 15) is 5.11 Å². The van der Waals surface area contributed by atoms with Gasteiger partial charge in [0.1, 0.15) is 11.0 Å². The Morgan fingerprint density at radius 1 is 0.880 bits per heavy atom. The van der Waals surface area contributed by atoms with Crippen molar-refractivity contribution in [3.63, 3.8) is 0 Å². The van der Waals surface area contributed by atoms with Crippen LogP contribution >= 0.6 is 0 Å². The average molecular weight is 325 g/mol. The van der Waals surface area contributed by atoms with Crippen molar-refractivity contribution in [2.45, 2.75) is 6.92 Å². The first-order chi connectivity index (χ1) is 12.2. The molecule has 122 valence electrons. The fourth-order valence-corrected chi connectivity index (χ4v) is 2.97. The van der Waals surface area contributed by atoms with E-state index >= 15 is 0 Å². The van der Waals surface area contributed by atoms with E-state index in [0.717, 1.165) is 27.3 Å². The maximum atomic E-state index is 13.0. The third-order valence-electron chi connectivity index (χ3n) is 4.24. The third-order valence-corrected chi connectivity index (χ3v) is 4.24. The number of hydrogen-bond donors (Lipinski definition) is 0. The molecule has 0 saturated carbocycles. The Morgan fingerprint density at radius 3 is 2.28 bits per heavy atom. The highest BCUT2D eigenvalue weighted by molar-refractivity contribution is 5.81. The SMILES string of the molecule is Cc1ccc2c(=C/c3ccccc3)/c(=C(/[O-])c3ccccc3)oc2c1. The summed E-state index contributed by atoms with van der Waals surface area (Å²) < 4.78 is 5.99. The monoisotopic (exact) mass is 325 g/mol. The van der Waals surface area contributed by atoms with Crippen molar-refractivity contribution >= 4 is 22.8 Å². The number of fused-ring (bicyclic) bond motifs is 1. The van der Waals surface area contributed by atoms with Gasteiger partial charge in [0.05, 0.1) is 0 Å². The molecule has 0 atom stereocenters. The lowest BCUT2D eigenvalue weighted by Crippen LogP contribution is -2.28. The predicted molar refractivity (Wildman–Crippen MR) is 99.2 cm³/mol. The zero-order valence-corrected chi connectivity index (χ0v) is 13.9. The van der Waals surface area contributed by atoms with Crippen LogP contribution in [0.1, 0.15) is 16.7 Å². The van der Waals surface area contributed by atoms with Crippen LogP contribution in [-0.2, 0) is 0 Å². The minimum Gasteiger partial charge on any atom is -0.870 e. The molecule has 3 aromatic carbocycles. The van der Waals surface area contributed by atoms with Gasteiger partial charge in [-0.15, -0.1) is 0 Å². The Labute approximate surface area is 146 Å². The second-order valence-electron chi connectivity index (χ2n) is 6.09. The van der Waals surface area contributed by atoms with Gasteiger partial charge < -0.3 is 9.52 Å². The van der Waals surface area contributed by atoms with Gasteiger partial charge in [0.25, 0.3) is 0 Å². The molecule has 4 rings (SSSR count). The molecule has 4 aromatic rings. The van der Waals surface area contributed by atoms with E-state index < -0.39 is 0 Å². The third kappa shape index (κ3) is 2.94. The molecule has 0 aliphatic carbocycles. The molecule has 1 heterocycles. The Morgan fingerprint density at radius 2 is 1.56 bits per heavy atom. The van der Waals surface area contributed by atoms with Gasteiger partial charge in [0.15, 0.2) is 0 Å². The van der Waals surface area contributed by atoms with Gasteiger partial charge in [-0.25, -0.2) is 0 Å². The number of aryl methyl sites for hydroxylation is 1. The number of rotatable bonds is 2. The van der Waals surface area contributed by atoms with Crippen molar-refractivity contribution in [3.05, 3.63) is 106 Å². The Balaban J connectivity index is 2.11. The topological polar surface area (TPSA) is 36.2 Å². The number of hydrogen-bond acceptors (Lipinski definition) is 2. The van der Waals surface area contributed by atoms with Crippen LogP contribution in [0.15, 0.2) is 83.3 Å². The maximum Gasteiger partial charge on any atom is 0.135 e. The molecule has 0 amide bonds. The van der Waals surface area contributed by atoms with Crippen LogP contribution in [0.4, 0.5) is 0 Å². The summed E-state index contributed by atoms with van der Waals surface area (Å²) in [6.45, 7) is 2.02. The molecule has 0 aliphatic rings. The second kappa shape index (κ2) is 6.33. The predicted octanol–water partition coefficient (Wildman–Crippen LogP) is 3.09. The molecule has 0 radical (unpaired) electrons. The highest BCUT2D eigenvalue weighted by atomic mass is 16.3. The Kier molecular flexibility index (Phi) is 3.87. The van der Waals surface area contributed by atoms with E-state index in [2.05, 4.69) is 0 Å². The molecule has 0 spiro atoms. The summed E-state index contributed by atoms with van der Waals surface area (Å²) in [7, 11) is 0. The van der Waals surface area contributed by atoms with Crippen molar-refractivity contribution in [1.82, 2.24) is 0 Å².